The fourth-order valence-corrected chi connectivity index (χ4v) is 3.57. The van der Waals surface area contributed by atoms with Crippen molar-refractivity contribution in [2.75, 3.05) is 18.9 Å². The van der Waals surface area contributed by atoms with Crippen molar-refractivity contribution in [2.45, 2.75) is 13.0 Å². The molecule has 1 aliphatic heterocycles. The molecule has 29 heavy (non-hydrogen) atoms. The zero-order valence-corrected chi connectivity index (χ0v) is 16.2. The molecule has 4 N–H and O–H groups in total. The number of carbonyl (C=O) groups is 3. The number of hydrogen-bond donors (Lipinski definition) is 3. The fourth-order valence-electron chi connectivity index (χ4n) is 2.79. The van der Waals surface area contributed by atoms with Gasteiger partial charge in [-0.1, -0.05) is 6.07 Å². The highest BCUT2D eigenvalue weighted by Gasteiger charge is 2.34. The van der Waals surface area contributed by atoms with Crippen LogP contribution in [-0.4, -0.2) is 31.2 Å². The van der Waals surface area contributed by atoms with Crippen molar-refractivity contribution in [2.24, 2.45) is 0 Å². The summed E-state index contributed by atoms with van der Waals surface area (Å²) in [6, 6.07) is 5.53. The summed E-state index contributed by atoms with van der Waals surface area (Å²) in [7, 11) is 0. The minimum absolute atomic E-state index is 0.0280. The van der Waals surface area contributed by atoms with Crippen molar-refractivity contribution in [1.29, 1.82) is 0 Å². The molecule has 10 heteroatoms. The Morgan fingerprint density at radius 3 is 2.69 bits per heavy atom. The van der Waals surface area contributed by atoms with Crippen molar-refractivity contribution in [1.82, 2.24) is 10.6 Å². The third-order valence-electron chi connectivity index (χ3n) is 4.06. The third-order valence-corrected chi connectivity index (χ3v) is 4.99. The van der Waals surface area contributed by atoms with Crippen LogP contribution in [-0.2, 0) is 14.3 Å². The number of amides is 2. The van der Waals surface area contributed by atoms with E-state index in [0.29, 0.717) is 0 Å². The lowest BCUT2D eigenvalue weighted by Gasteiger charge is -2.28. The molecule has 0 aliphatic carbocycles. The van der Waals surface area contributed by atoms with E-state index in [1.165, 1.54) is 17.4 Å². The Morgan fingerprint density at radius 2 is 2.03 bits per heavy atom. The minimum Gasteiger partial charge on any atom is -0.463 e. The number of nitrogens with one attached hydrogen (secondary N) is 2. The summed E-state index contributed by atoms with van der Waals surface area (Å²) in [5, 5.41) is 6.97. The van der Waals surface area contributed by atoms with Crippen molar-refractivity contribution >= 4 is 35.0 Å². The van der Waals surface area contributed by atoms with Gasteiger partial charge in [0, 0.05) is 10.6 Å². The van der Waals surface area contributed by atoms with Crippen molar-refractivity contribution in [3.63, 3.8) is 0 Å². The zero-order chi connectivity index (χ0) is 21.0. The molecule has 2 amide bonds. The number of hydrogen-bond acceptors (Lipinski definition) is 7. The van der Waals surface area contributed by atoms with Crippen LogP contribution in [0, 0.1) is 5.82 Å². The van der Waals surface area contributed by atoms with E-state index in [0.717, 1.165) is 17.0 Å². The van der Waals surface area contributed by atoms with Crippen LogP contribution in [0.4, 0.5) is 14.9 Å². The molecular weight excluding hydrogens is 401 g/mol. The van der Waals surface area contributed by atoms with Crippen molar-refractivity contribution < 1.29 is 28.2 Å². The van der Waals surface area contributed by atoms with Gasteiger partial charge in [0.15, 0.2) is 0 Å². The van der Waals surface area contributed by atoms with Gasteiger partial charge in [-0.3, -0.25) is 0 Å². The quantitative estimate of drug-likeness (QED) is 0.489. The monoisotopic (exact) mass is 419 g/mol. The van der Waals surface area contributed by atoms with Gasteiger partial charge in [-0.2, -0.15) is 0 Å². The third kappa shape index (κ3) is 4.54. The van der Waals surface area contributed by atoms with Crippen molar-refractivity contribution in [3.8, 4) is 0 Å². The van der Waals surface area contributed by atoms with Crippen LogP contribution in [0.2, 0.25) is 0 Å². The van der Waals surface area contributed by atoms with E-state index in [4.69, 9.17) is 15.2 Å². The first-order valence-corrected chi connectivity index (χ1v) is 9.52. The maximum atomic E-state index is 13.2. The van der Waals surface area contributed by atoms with Crippen LogP contribution in [0.3, 0.4) is 0 Å². The van der Waals surface area contributed by atoms with E-state index >= 15 is 0 Å². The second-order valence-electron chi connectivity index (χ2n) is 5.97. The van der Waals surface area contributed by atoms with Gasteiger partial charge in [0.05, 0.1) is 29.5 Å². The first-order chi connectivity index (χ1) is 13.9. The number of benzene rings is 1. The molecule has 152 valence electrons. The molecule has 2 heterocycles. The normalized spacial score (nSPS) is 16.1. The summed E-state index contributed by atoms with van der Waals surface area (Å²) in [6.07, 6.45) is 0. The number of nitrogen functional groups attached to an aromatic ring is 1. The van der Waals surface area contributed by atoms with E-state index < -0.39 is 36.4 Å². The van der Waals surface area contributed by atoms with E-state index in [1.54, 1.807) is 19.1 Å². The average Bonchev–Trinajstić information content (AvgIpc) is 3.20. The molecule has 2 aromatic rings. The number of anilines is 1. The Bertz CT molecular complexity index is 974. The Hall–Kier alpha value is -3.40. The molecule has 0 saturated heterocycles. The average molecular weight is 419 g/mol. The second-order valence-corrected chi connectivity index (χ2v) is 6.95. The molecular formula is C19H18FN3O5S. The van der Waals surface area contributed by atoms with E-state index in [-0.39, 0.29) is 29.1 Å². The standard InChI is InChI=1S/C19H18FN3O5S/c1-2-27-18(25)15-13(22-19(26)23-16(15)14-4-3-7-29-14)9-28-17(24)11-6-5-10(20)8-12(11)21/h3-8,16H,2,9,21H2,1H3,(H2,22,23,26)/t16-/m0/s1. The largest absolute Gasteiger partial charge is 0.463 e. The van der Waals surface area contributed by atoms with Crippen LogP contribution in [0.5, 0.6) is 0 Å². The zero-order valence-electron chi connectivity index (χ0n) is 15.4. The van der Waals surface area contributed by atoms with E-state index in [1.807, 2.05) is 5.38 Å². The summed E-state index contributed by atoms with van der Waals surface area (Å²) < 4.78 is 23.5. The predicted molar refractivity (Wildman–Crippen MR) is 103 cm³/mol. The number of halogens is 1. The summed E-state index contributed by atoms with van der Waals surface area (Å²) in [6.45, 7) is 1.39. The maximum Gasteiger partial charge on any atom is 0.340 e. The number of carbonyl (C=O) groups excluding carboxylic acids is 3. The molecule has 8 nitrogen and oxygen atoms in total. The van der Waals surface area contributed by atoms with Gasteiger partial charge < -0.3 is 25.8 Å². The number of urea groups is 1. The molecule has 1 atom stereocenters. The Morgan fingerprint density at radius 1 is 1.24 bits per heavy atom. The van der Waals surface area contributed by atoms with Crippen LogP contribution >= 0.6 is 11.3 Å². The highest BCUT2D eigenvalue weighted by atomic mass is 32.1. The summed E-state index contributed by atoms with van der Waals surface area (Å²) in [4.78, 5) is 37.7. The lowest BCUT2D eigenvalue weighted by molar-refractivity contribution is -0.139. The molecule has 3 rings (SSSR count). The molecule has 0 spiro atoms. The molecule has 1 aromatic heterocycles. The number of nitrogens with two attached hydrogens (primary N) is 1. The smallest absolute Gasteiger partial charge is 0.340 e. The Kier molecular flexibility index (Phi) is 6.13. The minimum atomic E-state index is -0.821. The lowest BCUT2D eigenvalue weighted by atomic mass is 10.0. The predicted octanol–water partition coefficient (Wildman–Crippen LogP) is 2.50. The Labute approximate surface area is 169 Å². The first-order valence-electron chi connectivity index (χ1n) is 8.64. The molecule has 1 aromatic carbocycles. The molecule has 0 unspecified atom stereocenters. The van der Waals surface area contributed by atoms with E-state index in [2.05, 4.69) is 10.6 Å². The van der Waals surface area contributed by atoms with Gasteiger partial charge >= 0.3 is 18.0 Å². The second kappa shape index (κ2) is 8.74. The molecule has 0 fully saturated rings. The fraction of sp³-hybridized carbons (Fsp3) is 0.211. The van der Waals surface area contributed by atoms with Gasteiger partial charge in [0.1, 0.15) is 12.4 Å². The summed E-state index contributed by atoms with van der Waals surface area (Å²) in [5.74, 6) is -2.06. The van der Waals surface area contributed by atoms with Gasteiger partial charge in [-0.05, 0) is 36.6 Å². The van der Waals surface area contributed by atoms with Gasteiger partial charge in [0.2, 0.25) is 0 Å². The van der Waals surface area contributed by atoms with Crippen molar-refractivity contribution in [3.05, 3.63) is 63.2 Å². The van der Waals surface area contributed by atoms with Gasteiger partial charge in [-0.15, -0.1) is 11.3 Å². The summed E-state index contributed by atoms with van der Waals surface area (Å²) >= 11 is 1.35. The Balaban J connectivity index is 1.89. The number of ether oxygens (including phenoxy) is 2. The molecule has 0 saturated carbocycles. The molecule has 1 aliphatic rings. The maximum absolute atomic E-state index is 13.2. The van der Waals surface area contributed by atoms with Crippen LogP contribution in [0.1, 0.15) is 28.2 Å². The SMILES string of the molecule is CCOC(=O)C1=C(COC(=O)c2ccc(F)cc2N)NC(=O)N[C@H]1c1cccs1. The molecule has 0 radical (unpaired) electrons. The highest BCUT2D eigenvalue weighted by molar-refractivity contribution is 7.10. The summed E-state index contributed by atoms with van der Waals surface area (Å²) in [5.41, 5.74) is 5.77. The van der Waals surface area contributed by atoms with E-state index in [9.17, 15) is 18.8 Å². The number of rotatable bonds is 6. The van der Waals surface area contributed by atoms with Crippen LogP contribution in [0.25, 0.3) is 0 Å². The number of thiophene rings is 1. The highest BCUT2D eigenvalue weighted by Crippen LogP contribution is 2.30. The topological polar surface area (TPSA) is 120 Å². The van der Waals surface area contributed by atoms with Crippen LogP contribution < -0.4 is 16.4 Å². The van der Waals surface area contributed by atoms with Gasteiger partial charge in [0.25, 0.3) is 0 Å². The lowest BCUT2D eigenvalue weighted by Crippen LogP contribution is -2.46. The van der Waals surface area contributed by atoms with Crippen LogP contribution in [0.15, 0.2) is 47.0 Å². The van der Waals surface area contributed by atoms with Gasteiger partial charge in [-0.25, -0.2) is 18.8 Å². The number of esters is 2. The molecule has 0 bridgehead atoms. The first kappa shape index (κ1) is 20.3.